The Kier molecular flexibility index (Phi) is 5.14. The Morgan fingerprint density at radius 1 is 1.37 bits per heavy atom. The van der Waals surface area contributed by atoms with Crippen LogP contribution in [0.15, 0.2) is 0 Å². The van der Waals surface area contributed by atoms with Crippen molar-refractivity contribution in [3.05, 3.63) is 0 Å². The highest BCUT2D eigenvalue weighted by atomic mass is 16.4. The van der Waals surface area contributed by atoms with Gasteiger partial charge in [-0.2, -0.15) is 0 Å². The lowest BCUT2D eigenvalue weighted by atomic mass is 9.96. The van der Waals surface area contributed by atoms with Crippen LogP contribution in [-0.2, 0) is 9.59 Å². The third-order valence-corrected chi connectivity index (χ3v) is 3.31. The van der Waals surface area contributed by atoms with Gasteiger partial charge in [-0.05, 0) is 18.8 Å². The van der Waals surface area contributed by atoms with Crippen LogP contribution in [0.3, 0.4) is 0 Å². The molecule has 0 saturated carbocycles. The van der Waals surface area contributed by atoms with E-state index < -0.39 is 24.0 Å². The Morgan fingerprint density at radius 3 is 2.47 bits per heavy atom. The number of carbonyl (C=O) groups excluding carboxylic acids is 2. The number of nitrogens with two attached hydrogens (primary N) is 1. The van der Waals surface area contributed by atoms with Gasteiger partial charge in [0.2, 0.25) is 5.91 Å². The Bertz CT molecular complexity index is 370. The van der Waals surface area contributed by atoms with Gasteiger partial charge in [0.15, 0.2) is 0 Å². The van der Waals surface area contributed by atoms with Gasteiger partial charge in [0.25, 0.3) is 0 Å². The largest absolute Gasteiger partial charge is 0.481 e. The quantitative estimate of drug-likeness (QED) is 0.668. The number of carboxylic acid groups (broad SMARTS) is 1. The SMILES string of the molecule is CC(C)C(NC(N)=O)C(=O)N1CCC[C@@H](C(=O)O)C1. The zero-order valence-corrected chi connectivity index (χ0v) is 11.3. The van der Waals surface area contributed by atoms with Crippen molar-refractivity contribution >= 4 is 17.9 Å². The van der Waals surface area contributed by atoms with Crippen molar-refractivity contribution in [2.24, 2.45) is 17.6 Å². The van der Waals surface area contributed by atoms with E-state index in [0.29, 0.717) is 19.4 Å². The molecule has 0 radical (unpaired) electrons. The smallest absolute Gasteiger partial charge is 0.312 e. The number of hydrogen-bond donors (Lipinski definition) is 3. The van der Waals surface area contributed by atoms with E-state index >= 15 is 0 Å². The number of nitrogens with zero attached hydrogens (tertiary/aromatic N) is 1. The molecule has 1 aliphatic rings. The Balaban J connectivity index is 2.73. The van der Waals surface area contributed by atoms with Crippen LogP contribution in [0.2, 0.25) is 0 Å². The lowest BCUT2D eigenvalue weighted by molar-refractivity contribution is -0.146. The first-order valence-corrected chi connectivity index (χ1v) is 6.40. The molecule has 0 aromatic heterocycles. The maximum absolute atomic E-state index is 12.3. The van der Waals surface area contributed by atoms with Gasteiger partial charge < -0.3 is 21.1 Å². The van der Waals surface area contributed by atoms with Gasteiger partial charge in [-0.15, -0.1) is 0 Å². The van der Waals surface area contributed by atoms with E-state index in [1.54, 1.807) is 13.8 Å². The number of carboxylic acids is 1. The molecule has 1 saturated heterocycles. The molecule has 1 heterocycles. The molecule has 1 rings (SSSR count). The van der Waals surface area contributed by atoms with Crippen LogP contribution in [0.25, 0.3) is 0 Å². The van der Waals surface area contributed by atoms with Crippen LogP contribution in [0.1, 0.15) is 26.7 Å². The highest BCUT2D eigenvalue weighted by molar-refractivity contribution is 5.87. The fourth-order valence-corrected chi connectivity index (χ4v) is 2.24. The Labute approximate surface area is 112 Å². The van der Waals surface area contributed by atoms with Crippen molar-refractivity contribution in [3.63, 3.8) is 0 Å². The van der Waals surface area contributed by atoms with Gasteiger partial charge in [0.05, 0.1) is 5.92 Å². The molecule has 0 bridgehead atoms. The second kappa shape index (κ2) is 6.40. The molecule has 19 heavy (non-hydrogen) atoms. The molecule has 1 fully saturated rings. The molecule has 1 unspecified atom stereocenters. The number of amides is 3. The number of piperidine rings is 1. The summed E-state index contributed by atoms with van der Waals surface area (Å²) >= 11 is 0. The molecule has 7 nitrogen and oxygen atoms in total. The van der Waals surface area contributed by atoms with E-state index in [1.165, 1.54) is 4.90 Å². The van der Waals surface area contributed by atoms with Crippen LogP contribution in [0, 0.1) is 11.8 Å². The summed E-state index contributed by atoms with van der Waals surface area (Å²) in [7, 11) is 0. The summed E-state index contributed by atoms with van der Waals surface area (Å²) in [6, 6.07) is -1.45. The molecule has 0 spiro atoms. The van der Waals surface area contributed by atoms with Crippen LogP contribution >= 0.6 is 0 Å². The minimum absolute atomic E-state index is 0.106. The van der Waals surface area contributed by atoms with Gasteiger partial charge in [0.1, 0.15) is 6.04 Å². The van der Waals surface area contributed by atoms with E-state index in [9.17, 15) is 14.4 Å². The number of urea groups is 1. The predicted molar refractivity (Wildman–Crippen MR) is 68.3 cm³/mol. The van der Waals surface area contributed by atoms with Gasteiger partial charge >= 0.3 is 12.0 Å². The fourth-order valence-electron chi connectivity index (χ4n) is 2.24. The molecular formula is C12H21N3O4. The molecule has 108 valence electrons. The van der Waals surface area contributed by atoms with Crippen molar-refractivity contribution in [2.45, 2.75) is 32.7 Å². The van der Waals surface area contributed by atoms with Gasteiger partial charge in [-0.1, -0.05) is 13.8 Å². The maximum atomic E-state index is 12.3. The average molecular weight is 271 g/mol. The molecule has 3 amide bonds. The lowest BCUT2D eigenvalue weighted by Gasteiger charge is -2.34. The minimum Gasteiger partial charge on any atom is -0.481 e. The van der Waals surface area contributed by atoms with E-state index in [0.717, 1.165) is 0 Å². The van der Waals surface area contributed by atoms with E-state index in [2.05, 4.69) is 5.32 Å². The molecule has 1 aliphatic heterocycles. The first kappa shape index (κ1) is 15.3. The number of aliphatic carboxylic acids is 1. The van der Waals surface area contributed by atoms with Gasteiger partial charge in [-0.3, -0.25) is 9.59 Å². The highest BCUT2D eigenvalue weighted by Crippen LogP contribution is 2.18. The molecule has 0 aromatic carbocycles. The Morgan fingerprint density at radius 2 is 2.00 bits per heavy atom. The lowest BCUT2D eigenvalue weighted by Crippen LogP contribution is -2.55. The second-order valence-electron chi connectivity index (χ2n) is 5.19. The zero-order chi connectivity index (χ0) is 14.6. The number of nitrogens with one attached hydrogen (secondary N) is 1. The van der Waals surface area contributed by atoms with E-state index in [-0.39, 0.29) is 18.4 Å². The number of carbonyl (C=O) groups is 3. The zero-order valence-electron chi connectivity index (χ0n) is 11.3. The predicted octanol–water partition coefficient (Wildman–Crippen LogP) is 0.00250. The highest BCUT2D eigenvalue weighted by Gasteiger charge is 2.33. The van der Waals surface area contributed by atoms with E-state index in [4.69, 9.17) is 10.8 Å². The summed E-state index contributed by atoms with van der Waals surface area (Å²) in [4.78, 5) is 35.7. The number of primary amides is 1. The summed E-state index contributed by atoms with van der Waals surface area (Å²) in [6.07, 6.45) is 1.23. The molecule has 2 atom stereocenters. The topological polar surface area (TPSA) is 113 Å². The molecule has 4 N–H and O–H groups in total. The third-order valence-electron chi connectivity index (χ3n) is 3.31. The minimum atomic E-state index is -0.888. The van der Waals surface area contributed by atoms with Crippen molar-refractivity contribution in [3.8, 4) is 0 Å². The summed E-state index contributed by atoms with van der Waals surface area (Å²) in [5, 5.41) is 11.4. The van der Waals surface area contributed by atoms with E-state index in [1.807, 2.05) is 0 Å². The van der Waals surface area contributed by atoms with Crippen LogP contribution in [-0.4, -0.2) is 47.0 Å². The Hall–Kier alpha value is -1.79. The molecule has 0 aliphatic carbocycles. The normalized spacial score (nSPS) is 21.0. The third kappa shape index (κ3) is 4.11. The molecule has 0 aromatic rings. The molecule has 7 heteroatoms. The second-order valence-corrected chi connectivity index (χ2v) is 5.19. The maximum Gasteiger partial charge on any atom is 0.312 e. The summed E-state index contributed by atoms with van der Waals surface area (Å²) in [6.45, 7) is 4.32. The van der Waals surface area contributed by atoms with Crippen LogP contribution in [0.4, 0.5) is 4.79 Å². The van der Waals surface area contributed by atoms with Crippen molar-refractivity contribution in [2.75, 3.05) is 13.1 Å². The van der Waals surface area contributed by atoms with Gasteiger partial charge in [-0.25, -0.2) is 4.79 Å². The van der Waals surface area contributed by atoms with Crippen molar-refractivity contribution in [1.82, 2.24) is 10.2 Å². The van der Waals surface area contributed by atoms with Crippen LogP contribution in [0.5, 0.6) is 0 Å². The first-order valence-electron chi connectivity index (χ1n) is 6.40. The number of hydrogen-bond acceptors (Lipinski definition) is 3. The fraction of sp³-hybridized carbons (Fsp3) is 0.750. The molecular weight excluding hydrogens is 250 g/mol. The average Bonchev–Trinajstić information content (AvgIpc) is 2.34. The standard InChI is InChI=1S/C12H21N3O4/c1-7(2)9(14-12(13)19)10(16)15-5-3-4-8(6-15)11(17)18/h7-9H,3-6H2,1-2H3,(H,17,18)(H3,13,14,19)/t8-,9?/m1/s1. The van der Waals surface area contributed by atoms with Gasteiger partial charge in [0, 0.05) is 13.1 Å². The number of rotatable bonds is 4. The summed E-state index contributed by atoms with van der Waals surface area (Å²) in [5.41, 5.74) is 5.06. The van der Waals surface area contributed by atoms with Crippen LogP contribution < -0.4 is 11.1 Å². The van der Waals surface area contributed by atoms with Crippen molar-refractivity contribution < 1.29 is 19.5 Å². The summed E-state index contributed by atoms with van der Waals surface area (Å²) < 4.78 is 0. The van der Waals surface area contributed by atoms with Crippen molar-refractivity contribution in [1.29, 1.82) is 0 Å². The monoisotopic (exact) mass is 271 g/mol. The first-order chi connectivity index (χ1) is 8.82. The number of likely N-dealkylation sites (tertiary alicyclic amines) is 1. The summed E-state index contributed by atoms with van der Waals surface area (Å²) in [5.74, 6) is -1.79.